The van der Waals surface area contributed by atoms with Crippen LogP contribution in [-0.2, 0) is 16.1 Å². The fourth-order valence-electron chi connectivity index (χ4n) is 2.03. The smallest absolute Gasteiger partial charge is 0.309 e. The number of benzene rings is 1. The first-order valence-electron chi connectivity index (χ1n) is 6.12. The van der Waals surface area contributed by atoms with Crippen LogP contribution in [0.25, 0.3) is 0 Å². The molecule has 1 aromatic rings. The average molecular weight is 230 g/mol. The van der Waals surface area contributed by atoms with Gasteiger partial charge in [-0.15, -0.1) is 0 Å². The summed E-state index contributed by atoms with van der Waals surface area (Å²) in [5, 5.41) is 0. The van der Waals surface area contributed by atoms with Crippen molar-refractivity contribution in [1.29, 1.82) is 0 Å². The number of hydrogen-bond donors (Lipinski definition) is 0. The summed E-state index contributed by atoms with van der Waals surface area (Å²) < 4.78 is 5.33. The molecule has 1 atom stereocenters. The van der Waals surface area contributed by atoms with Gasteiger partial charge in [0.2, 0.25) is 0 Å². The minimum absolute atomic E-state index is 0.0578. The molecule has 1 unspecified atom stereocenters. The van der Waals surface area contributed by atoms with Gasteiger partial charge in [-0.2, -0.15) is 0 Å². The molecule has 2 rings (SSSR count). The third kappa shape index (κ3) is 3.45. The summed E-state index contributed by atoms with van der Waals surface area (Å²) in [5.74, 6) is 0.0000142. The van der Waals surface area contributed by atoms with E-state index in [1.807, 2.05) is 30.3 Å². The van der Waals surface area contributed by atoms with Gasteiger partial charge in [0, 0.05) is 0 Å². The Balaban J connectivity index is 1.82. The van der Waals surface area contributed by atoms with Gasteiger partial charge in [0.15, 0.2) is 0 Å². The predicted octanol–water partition coefficient (Wildman–Crippen LogP) is 3.48. The monoisotopic (exact) mass is 230 g/mol. The quantitative estimate of drug-likeness (QED) is 0.587. The lowest BCUT2D eigenvalue weighted by Gasteiger charge is -2.18. The standard InChI is InChI=1S/C15H18O2/c1-12-7-9-14(10-8-12)15(16)17-11-13-5-3-2-4-6-13/h2-7,14H,8-11H2,1H3. The highest BCUT2D eigenvalue weighted by molar-refractivity contribution is 5.72. The maximum absolute atomic E-state index is 11.8. The van der Waals surface area contributed by atoms with E-state index >= 15 is 0 Å². The number of allylic oxidation sites excluding steroid dienone is 2. The molecular weight excluding hydrogens is 212 g/mol. The Bertz CT molecular complexity index is 406. The van der Waals surface area contributed by atoms with E-state index in [2.05, 4.69) is 13.0 Å². The SMILES string of the molecule is CC1=CCC(C(=O)OCc2ccccc2)CC1. The molecule has 0 bridgehead atoms. The highest BCUT2D eigenvalue weighted by Gasteiger charge is 2.21. The summed E-state index contributed by atoms with van der Waals surface area (Å²) in [6.45, 7) is 2.50. The predicted molar refractivity (Wildman–Crippen MR) is 67.3 cm³/mol. The fraction of sp³-hybridized carbons (Fsp3) is 0.400. The molecule has 1 aliphatic carbocycles. The molecule has 90 valence electrons. The summed E-state index contributed by atoms with van der Waals surface area (Å²) in [6, 6.07) is 9.81. The maximum Gasteiger partial charge on any atom is 0.309 e. The van der Waals surface area contributed by atoms with Gasteiger partial charge in [0.1, 0.15) is 6.61 Å². The van der Waals surface area contributed by atoms with Gasteiger partial charge in [0.05, 0.1) is 5.92 Å². The molecule has 0 radical (unpaired) electrons. The van der Waals surface area contributed by atoms with Crippen LogP contribution in [0.3, 0.4) is 0 Å². The second-order valence-corrected chi connectivity index (χ2v) is 4.62. The summed E-state index contributed by atoms with van der Waals surface area (Å²) >= 11 is 0. The second-order valence-electron chi connectivity index (χ2n) is 4.62. The normalized spacial score (nSPS) is 19.6. The first-order chi connectivity index (χ1) is 8.25. The van der Waals surface area contributed by atoms with Crippen LogP contribution >= 0.6 is 0 Å². The van der Waals surface area contributed by atoms with Crippen LogP contribution in [0.5, 0.6) is 0 Å². The molecular formula is C15H18O2. The molecule has 0 aliphatic heterocycles. The Morgan fingerprint density at radius 2 is 2.12 bits per heavy atom. The Labute approximate surface area is 102 Å². The Morgan fingerprint density at radius 1 is 1.35 bits per heavy atom. The lowest BCUT2D eigenvalue weighted by Crippen LogP contribution is -2.19. The number of ether oxygens (including phenoxy) is 1. The van der Waals surface area contributed by atoms with E-state index in [1.54, 1.807) is 0 Å². The van der Waals surface area contributed by atoms with E-state index < -0.39 is 0 Å². The molecule has 0 N–H and O–H groups in total. The zero-order valence-electron chi connectivity index (χ0n) is 10.2. The number of hydrogen-bond acceptors (Lipinski definition) is 2. The topological polar surface area (TPSA) is 26.3 Å². The highest BCUT2D eigenvalue weighted by atomic mass is 16.5. The third-order valence-electron chi connectivity index (χ3n) is 3.20. The molecule has 0 heterocycles. The van der Waals surface area contributed by atoms with Crippen LogP contribution < -0.4 is 0 Å². The van der Waals surface area contributed by atoms with Crippen molar-refractivity contribution in [3.63, 3.8) is 0 Å². The lowest BCUT2D eigenvalue weighted by molar-refractivity contribution is -0.150. The molecule has 0 saturated heterocycles. The van der Waals surface area contributed by atoms with Gasteiger partial charge >= 0.3 is 5.97 Å². The minimum atomic E-state index is -0.0578. The van der Waals surface area contributed by atoms with Crippen LogP contribution in [0.15, 0.2) is 42.0 Å². The molecule has 1 aromatic carbocycles. The maximum atomic E-state index is 11.8. The third-order valence-corrected chi connectivity index (χ3v) is 3.20. The van der Waals surface area contributed by atoms with Crippen molar-refractivity contribution < 1.29 is 9.53 Å². The van der Waals surface area contributed by atoms with E-state index in [1.165, 1.54) is 5.57 Å². The van der Waals surface area contributed by atoms with Gasteiger partial charge in [-0.1, -0.05) is 42.0 Å². The van der Waals surface area contributed by atoms with Crippen molar-refractivity contribution in [3.05, 3.63) is 47.5 Å². The van der Waals surface area contributed by atoms with Crippen molar-refractivity contribution in [3.8, 4) is 0 Å². The number of carbonyl (C=O) groups is 1. The van der Waals surface area contributed by atoms with Crippen LogP contribution in [0.2, 0.25) is 0 Å². The van der Waals surface area contributed by atoms with Crippen LogP contribution in [-0.4, -0.2) is 5.97 Å². The minimum Gasteiger partial charge on any atom is -0.461 e. The van der Waals surface area contributed by atoms with Gasteiger partial charge in [-0.05, 0) is 31.7 Å². The van der Waals surface area contributed by atoms with Gasteiger partial charge < -0.3 is 4.74 Å². The van der Waals surface area contributed by atoms with Crippen LogP contribution in [0.1, 0.15) is 31.7 Å². The van der Waals surface area contributed by atoms with E-state index in [9.17, 15) is 4.79 Å². The molecule has 2 heteroatoms. The first kappa shape index (κ1) is 11.9. The largest absolute Gasteiger partial charge is 0.461 e. The van der Waals surface area contributed by atoms with E-state index in [0.717, 1.165) is 24.8 Å². The van der Waals surface area contributed by atoms with E-state index in [0.29, 0.717) is 6.61 Å². The molecule has 2 nitrogen and oxygen atoms in total. The summed E-state index contributed by atoms with van der Waals surface area (Å²) in [4.78, 5) is 11.8. The molecule has 0 aromatic heterocycles. The summed E-state index contributed by atoms with van der Waals surface area (Å²) in [7, 11) is 0. The number of rotatable bonds is 3. The molecule has 1 aliphatic rings. The van der Waals surface area contributed by atoms with Crippen LogP contribution in [0, 0.1) is 5.92 Å². The zero-order valence-corrected chi connectivity index (χ0v) is 10.2. The molecule has 0 spiro atoms. The summed E-state index contributed by atoms with van der Waals surface area (Å²) in [5.41, 5.74) is 2.43. The van der Waals surface area contributed by atoms with Crippen molar-refractivity contribution in [2.24, 2.45) is 5.92 Å². The Kier molecular flexibility index (Phi) is 3.97. The lowest BCUT2D eigenvalue weighted by atomic mass is 9.90. The average Bonchev–Trinajstić information content (AvgIpc) is 2.38. The van der Waals surface area contributed by atoms with Gasteiger partial charge in [-0.25, -0.2) is 0 Å². The second kappa shape index (κ2) is 5.67. The fourth-order valence-corrected chi connectivity index (χ4v) is 2.03. The van der Waals surface area contributed by atoms with Crippen molar-refractivity contribution in [1.82, 2.24) is 0 Å². The van der Waals surface area contributed by atoms with Crippen molar-refractivity contribution in [2.75, 3.05) is 0 Å². The van der Waals surface area contributed by atoms with E-state index in [-0.39, 0.29) is 11.9 Å². The number of carbonyl (C=O) groups excluding carboxylic acids is 1. The molecule has 0 saturated carbocycles. The Morgan fingerprint density at radius 3 is 2.76 bits per heavy atom. The molecule has 0 fully saturated rings. The number of esters is 1. The van der Waals surface area contributed by atoms with Gasteiger partial charge in [-0.3, -0.25) is 4.79 Å². The van der Waals surface area contributed by atoms with Crippen molar-refractivity contribution >= 4 is 5.97 Å². The molecule has 17 heavy (non-hydrogen) atoms. The highest BCUT2D eigenvalue weighted by Crippen LogP contribution is 2.24. The summed E-state index contributed by atoms with van der Waals surface area (Å²) in [6.07, 6.45) is 4.93. The Hall–Kier alpha value is -1.57. The van der Waals surface area contributed by atoms with Gasteiger partial charge in [0.25, 0.3) is 0 Å². The zero-order chi connectivity index (χ0) is 12.1. The van der Waals surface area contributed by atoms with Crippen LogP contribution in [0.4, 0.5) is 0 Å². The first-order valence-corrected chi connectivity index (χ1v) is 6.12. The van der Waals surface area contributed by atoms with E-state index in [4.69, 9.17) is 4.74 Å². The molecule has 0 amide bonds. The van der Waals surface area contributed by atoms with Crippen molar-refractivity contribution in [2.45, 2.75) is 32.8 Å².